The first kappa shape index (κ1) is 18.1. The van der Waals surface area contributed by atoms with Crippen LogP contribution in [0.5, 0.6) is 0 Å². The van der Waals surface area contributed by atoms with Crippen LogP contribution in [0.1, 0.15) is 20.7 Å². The molecular formula is C19H16FNO4S. The van der Waals surface area contributed by atoms with E-state index >= 15 is 0 Å². The van der Waals surface area contributed by atoms with Crippen molar-refractivity contribution in [3.05, 3.63) is 71.5 Å². The van der Waals surface area contributed by atoms with Crippen molar-refractivity contribution < 1.29 is 23.5 Å². The van der Waals surface area contributed by atoms with Crippen molar-refractivity contribution in [2.45, 2.75) is 6.04 Å². The van der Waals surface area contributed by atoms with Crippen LogP contribution in [0.25, 0.3) is 0 Å². The molecule has 1 saturated heterocycles. The van der Waals surface area contributed by atoms with Crippen molar-refractivity contribution in [2.24, 2.45) is 0 Å². The van der Waals surface area contributed by atoms with Crippen LogP contribution in [0.2, 0.25) is 0 Å². The number of esters is 1. The largest absolute Gasteiger partial charge is 0.456 e. The summed E-state index contributed by atoms with van der Waals surface area (Å²) in [5.41, 5.74) is 0.757. The molecule has 7 heteroatoms. The minimum Gasteiger partial charge on any atom is -0.456 e. The molecular weight excluding hydrogens is 357 g/mol. The fraction of sp³-hybridized carbons (Fsp3) is 0.211. The van der Waals surface area contributed by atoms with Crippen molar-refractivity contribution in [3.8, 4) is 0 Å². The Morgan fingerprint density at radius 3 is 2.42 bits per heavy atom. The van der Waals surface area contributed by atoms with Gasteiger partial charge in [-0.25, -0.2) is 9.18 Å². The molecule has 2 aromatic carbocycles. The average molecular weight is 373 g/mol. The number of nitrogens with zero attached hydrogens (tertiary/aromatic N) is 1. The van der Waals surface area contributed by atoms with Gasteiger partial charge in [0.1, 0.15) is 11.9 Å². The number of hydrogen-bond donors (Lipinski definition) is 0. The normalized spacial score (nSPS) is 16.3. The Kier molecular flexibility index (Phi) is 5.68. The highest BCUT2D eigenvalue weighted by Gasteiger charge is 2.36. The number of Topliss-reactive ketones (excluding diaryl/α,β-unsaturated/α-hetero) is 1. The quantitative estimate of drug-likeness (QED) is 0.596. The van der Waals surface area contributed by atoms with E-state index in [0.29, 0.717) is 17.2 Å². The predicted octanol–water partition coefficient (Wildman–Crippen LogP) is 2.77. The Hall–Kier alpha value is -2.67. The summed E-state index contributed by atoms with van der Waals surface area (Å²) in [6.07, 6.45) is 0. The van der Waals surface area contributed by atoms with Gasteiger partial charge in [0.15, 0.2) is 12.4 Å². The molecule has 134 valence electrons. The smallest absolute Gasteiger partial charge is 0.330 e. The summed E-state index contributed by atoms with van der Waals surface area (Å²) < 4.78 is 18.0. The zero-order chi connectivity index (χ0) is 18.5. The van der Waals surface area contributed by atoms with Crippen LogP contribution < -0.4 is 0 Å². The Morgan fingerprint density at radius 1 is 1.04 bits per heavy atom. The Bertz CT molecular complexity index is 810. The number of ketones is 1. The van der Waals surface area contributed by atoms with E-state index in [-0.39, 0.29) is 11.5 Å². The first-order valence-electron chi connectivity index (χ1n) is 7.95. The van der Waals surface area contributed by atoms with Crippen LogP contribution in [0, 0.1) is 5.82 Å². The maximum atomic E-state index is 12.9. The second-order valence-corrected chi connectivity index (χ2v) is 6.69. The average Bonchev–Trinajstić information content (AvgIpc) is 3.16. The maximum absolute atomic E-state index is 12.9. The number of ether oxygens (including phenoxy) is 1. The summed E-state index contributed by atoms with van der Waals surface area (Å²) in [5.74, 6) is -0.930. The molecule has 1 aliphatic heterocycles. The van der Waals surface area contributed by atoms with Crippen molar-refractivity contribution in [3.63, 3.8) is 0 Å². The standard InChI is InChI=1S/C19H16FNO4S/c20-15-8-6-13(7-9-15)17(22)10-25-19(24)16-11-26-12-21(16)18(23)14-4-2-1-3-5-14/h1-9,16H,10-12H2/t16-/m0/s1. The van der Waals surface area contributed by atoms with Crippen LogP contribution in [-0.4, -0.2) is 46.8 Å². The van der Waals surface area contributed by atoms with E-state index in [0.717, 1.165) is 0 Å². The lowest BCUT2D eigenvalue weighted by Crippen LogP contribution is -2.43. The predicted molar refractivity (Wildman–Crippen MR) is 95.4 cm³/mol. The molecule has 0 aliphatic carbocycles. The lowest BCUT2D eigenvalue weighted by molar-refractivity contribution is -0.146. The van der Waals surface area contributed by atoms with Gasteiger partial charge < -0.3 is 9.64 Å². The molecule has 3 rings (SSSR count). The van der Waals surface area contributed by atoms with Gasteiger partial charge in [-0.1, -0.05) is 18.2 Å². The topological polar surface area (TPSA) is 63.7 Å². The minimum absolute atomic E-state index is 0.248. The molecule has 0 saturated carbocycles. The summed E-state index contributed by atoms with van der Waals surface area (Å²) >= 11 is 1.45. The summed E-state index contributed by atoms with van der Waals surface area (Å²) in [6.45, 7) is -0.445. The molecule has 1 aliphatic rings. The fourth-order valence-electron chi connectivity index (χ4n) is 2.54. The number of carbonyl (C=O) groups is 3. The summed E-state index contributed by atoms with van der Waals surface area (Å²) in [4.78, 5) is 38.4. The molecule has 0 unspecified atom stereocenters. The zero-order valence-electron chi connectivity index (χ0n) is 13.8. The van der Waals surface area contributed by atoms with Crippen LogP contribution >= 0.6 is 11.8 Å². The highest BCUT2D eigenvalue weighted by molar-refractivity contribution is 7.99. The number of halogens is 1. The minimum atomic E-state index is -0.728. The first-order chi connectivity index (χ1) is 12.6. The van der Waals surface area contributed by atoms with Gasteiger partial charge in [-0.3, -0.25) is 9.59 Å². The number of carbonyl (C=O) groups excluding carboxylic acids is 3. The van der Waals surface area contributed by atoms with E-state index in [2.05, 4.69) is 0 Å². The molecule has 5 nitrogen and oxygen atoms in total. The summed E-state index contributed by atoms with van der Waals surface area (Å²) in [6, 6.07) is 13.0. The lowest BCUT2D eigenvalue weighted by Gasteiger charge is -2.22. The molecule has 0 N–H and O–H groups in total. The molecule has 0 radical (unpaired) electrons. The van der Waals surface area contributed by atoms with E-state index in [1.54, 1.807) is 24.3 Å². The SMILES string of the molecule is O=C(COC(=O)[C@@H]1CSCN1C(=O)c1ccccc1)c1ccc(F)cc1. The first-order valence-corrected chi connectivity index (χ1v) is 9.11. The Morgan fingerprint density at radius 2 is 1.73 bits per heavy atom. The maximum Gasteiger partial charge on any atom is 0.330 e. The molecule has 1 atom stereocenters. The van der Waals surface area contributed by atoms with Gasteiger partial charge >= 0.3 is 5.97 Å². The molecule has 1 heterocycles. The van der Waals surface area contributed by atoms with E-state index in [1.165, 1.54) is 40.9 Å². The van der Waals surface area contributed by atoms with Gasteiger partial charge in [-0.15, -0.1) is 11.8 Å². The van der Waals surface area contributed by atoms with E-state index < -0.39 is 30.2 Å². The summed E-state index contributed by atoms with van der Waals surface area (Å²) in [7, 11) is 0. The van der Waals surface area contributed by atoms with Crippen LogP contribution in [-0.2, 0) is 9.53 Å². The second-order valence-electron chi connectivity index (χ2n) is 5.69. The molecule has 0 bridgehead atoms. The van der Waals surface area contributed by atoms with Gasteiger partial charge in [-0.05, 0) is 36.4 Å². The van der Waals surface area contributed by atoms with Gasteiger partial charge in [0.25, 0.3) is 5.91 Å². The van der Waals surface area contributed by atoms with Crippen LogP contribution in [0.4, 0.5) is 4.39 Å². The number of hydrogen-bond acceptors (Lipinski definition) is 5. The molecule has 26 heavy (non-hydrogen) atoms. The van der Waals surface area contributed by atoms with Crippen molar-refractivity contribution in [2.75, 3.05) is 18.2 Å². The monoisotopic (exact) mass is 373 g/mol. The van der Waals surface area contributed by atoms with Gasteiger partial charge in [0, 0.05) is 16.9 Å². The number of thioether (sulfide) groups is 1. The summed E-state index contributed by atoms with van der Waals surface area (Å²) in [5, 5.41) is 0. The van der Waals surface area contributed by atoms with E-state index in [9.17, 15) is 18.8 Å². The molecule has 0 aromatic heterocycles. The van der Waals surface area contributed by atoms with Gasteiger partial charge in [0.05, 0.1) is 5.88 Å². The number of benzene rings is 2. The van der Waals surface area contributed by atoms with Crippen molar-refractivity contribution in [1.82, 2.24) is 4.90 Å². The van der Waals surface area contributed by atoms with Crippen molar-refractivity contribution >= 4 is 29.4 Å². The Balaban J connectivity index is 1.60. The van der Waals surface area contributed by atoms with Crippen LogP contribution in [0.3, 0.4) is 0 Å². The van der Waals surface area contributed by atoms with Gasteiger partial charge in [0.2, 0.25) is 0 Å². The van der Waals surface area contributed by atoms with Gasteiger partial charge in [-0.2, -0.15) is 0 Å². The molecule has 1 fully saturated rings. The van der Waals surface area contributed by atoms with Crippen molar-refractivity contribution in [1.29, 1.82) is 0 Å². The van der Waals surface area contributed by atoms with E-state index in [1.807, 2.05) is 6.07 Å². The Labute approximate surface area is 154 Å². The highest BCUT2D eigenvalue weighted by Crippen LogP contribution is 2.24. The third-order valence-corrected chi connectivity index (χ3v) is 4.96. The fourth-order valence-corrected chi connectivity index (χ4v) is 3.68. The second kappa shape index (κ2) is 8.14. The molecule has 2 aromatic rings. The third-order valence-electron chi connectivity index (χ3n) is 3.95. The number of amides is 1. The third kappa shape index (κ3) is 4.11. The zero-order valence-corrected chi connectivity index (χ0v) is 14.6. The number of rotatable bonds is 5. The molecule has 0 spiro atoms. The lowest BCUT2D eigenvalue weighted by atomic mass is 10.1. The van der Waals surface area contributed by atoms with E-state index in [4.69, 9.17) is 4.74 Å². The highest BCUT2D eigenvalue weighted by atomic mass is 32.2. The molecule has 1 amide bonds. The van der Waals surface area contributed by atoms with Crippen LogP contribution in [0.15, 0.2) is 54.6 Å².